The van der Waals surface area contributed by atoms with Crippen molar-refractivity contribution in [1.29, 1.82) is 0 Å². The van der Waals surface area contributed by atoms with Crippen molar-refractivity contribution in [2.24, 2.45) is 5.73 Å². The van der Waals surface area contributed by atoms with Gasteiger partial charge in [0.25, 0.3) is 0 Å². The van der Waals surface area contributed by atoms with E-state index in [1.165, 1.54) is 17.5 Å². The summed E-state index contributed by atoms with van der Waals surface area (Å²) in [7, 11) is 0. The first-order valence-corrected chi connectivity index (χ1v) is 8.96. The van der Waals surface area contributed by atoms with Crippen LogP contribution in [0.25, 0.3) is 0 Å². The monoisotopic (exact) mass is 316 g/mol. The van der Waals surface area contributed by atoms with Gasteiger partial charge in [0.15, 0.2) is 0 Å². The molecule has 0 spiro atoms. The standard InChI is InChI=1S/C19H28N2O2/c20-19(11-3-4-12-19)18(22)21-13-6-14-23-17-10-5-8-15-7-1-2-9-16(15)17/h1-2,7,9,17H,3-6,8,10-14,20H2,(H,21,22). The smallest absolute Gasteiger partial charge is 0.240 e. The van der Waals surface area contributed by atoms with Crippen LogP contribution in [0, 0.1) is 0 Å². The van der Waals surface area contributed by atoms with E-state index in [2.05, 4.69) is 29.6 Å². The molecule has 1 aromatic rings. The number of hydrogen-bond donors (Lipinski definition) is 2. The minimum absolute atomic E-state index is 0.0120. The van der Waals surface area contributed by atoms with Gasteiger partial charge in [0.1, 0.15) is 0 Å². The lowest BCUT2D eigenvalue weighted by molar-refractivity contribution is -0.126. The maximum absolute atomic E-state index is 12.1. The van der Waals surface area contributed by atoms with Crippen LogP contribution >= 0.6 is 0 Å². The van der Waals surface area contributed by atoms with E-state index in [9.17, 15) is 4.79 Å². The molecule has 1 atom stereocenters. The summed E-state index contributed by atoms with van der Waals surface area (Å²) < 4.78 is 6.06. The number of benzene rings is 1. The van der Waals surface area contributed by atoms with E-state index in [-0.39, 0.29) is 12.0 Å². The highest BCUT2D eigenvalue weighted by molar-refractivity contribution is 5.86. The van der Waals surface area contributed by atoms with Crippen molar-refractivity contribution < 1.29 is 9.53 Å². The van der Waals surface area contributed by atoms with Crippen molar-refractivity contribution in [1.82, 2.24) is 5.32 Å². The van der Waals surface area contributed by atoms with Gasteiger partial charge in [0.2, 0.25) is 5.91 Å². The van der Waals surface area contributed by atoms with Gasteiger partial charge in [0, 0.05) is 13.2 Å². The van der Waals surface area contributed by atoms with Crippen molar-refractivity contribution in [2.75, 3.05) is 13.2 Å². The molecule has 1 saturated carbocycles. The molecule has 1 fully saturated rings. The van der Waals surface area contributed by atoms with Gasteiger partial charge in [-0.15, -0.1) is 0 Å². The summed E-state index contributed by atoms with van der Waals surface area (Å²) >= 11 is 0. The molecule has 1 aromatic carbocycles. The second-order valence-electron chi connectivity index (χ2n) is 6.92. The maximum Gasteiger partial charge on any atom is 0.240 e. The minimum atomic E-state index is -0.622. The molecule has 23 heavy (non-hydrogen) atoms. The fraction of sp³-hybridized carbons (Fsp3) is 0.632. The Hall–Kier alpha value is -1.39. The Bertz CT molecular complexity index is 538. The van der Waals surface area contributed by atoms with Crippen LogP contribution in [-0.2, 0) is 16.0 Å². The van der Waals surface area contributed by atoms with Crippen molar-refractivity contribution in [2.45, 2.75) is 63.0 Å². The number of nitrogens with one attached hydrogen (secondary N) is 1. The van der Waals surface area contributed by atoms with Gasteiger partial charge in [-0.2, -0.15) is 0 Å². The molecule has 0 heterocycles. The average molecular weight is 316 g/mol. The quantitative estimate of drug-likeness (QED) is 0.793. The van der Waals surface area contributed by atoms with Crippen LogP contribution in [0.3, 0.4) is 0 Å². The van der Waals surface area contributed by atoms with Crippen LogP contribution in [0.5, 0.6) is 0 Å². The van der Waals surface area contributed by atoms with E-state index in [1.54, 1.807) is 0 Å². The lowest BCUT2D eigenvalue weighted by atomic mass is 9.89. The molecule has 1 unspecified atom stereocenters. The Morgan fingerprint density at radius 2 is 2.04 bits per heavy atom. The third-order valence-corrected chi connectivity index (χ3v) is 5.19. The SMILES string of the molecule is NC1(C(=O)NCCCOC2CCCc3ccccc32)CCCC1. The van der Waals surface area contributed by atoms with E-state index in [1.807, 2.05) is 0 Å². The third kappa shape index (κ3) is 3.93. The highest BCUT2D eigenvalue weighted by Crippen LogP contribution is 2.32. The summed E-state index contributed by atoms with van der Waals surface area (Å²) in [5, 5.41) is 2.98. The van der Waals surface area contributed by atoms with E-state index in [0.717, 1.165) is 44.9 Å². The Balaban J connectivity index is 1.38. The highest BCUT2D eigenvalue weighted by Gasteiger charge is 2.36. The van der Waals surface area contributed by atoms with E-state index >= 15 is 0 Å². The molecule has 0 bridgehead atoms. The fourth-order valence-corrected chi connectivity index (χ4v) is 3.79. The summed E-state index contributed by atoms with van der Waals surface area (Å²) in [6, 6.07) is 8.57. The highest BCUT2D eigenvalue weighted by atomic mass is 16.5. The van der Waals surface area contributed by atoms with Crippen LogP contribution in [0.1, 0.15) is 62.2 Å². The molecule has 3 N–H and O–H groups in total. The molecule has 126 valence electrons. The maximum atomic E-state index is 12.1. The number of carbonyl (C=O) groups is 1. The van der Waals surface area contributed by atoms with Crippen LogP contribution in [0.4, 0.5) is 0 Å². The summed E-state index contributed by atoms with van der Waals surface area (Å²) in [6.07, 6.45) is 8.24. The third-order valence-electron chi connectivity index (χ3n) is 5.19. The normalized spacial score (nSPS) is 22.6. The van der Waals surface area contributed by atoms with Gasteiger partial charge in [-0.25, -0.2) is 0 Å². The van der Waals surface area contributed by atoms with Gasteiger partial charge in [-0.1, -0.05) is 37.1 Å². The minimum Gasteiger partial charge on any atom is -0.373 e. The first kappa shape index (κ1) is 16.5. The number of amides is 1. The number of ether oxygens (including phenoxy) is 1. The van der Waals surface area contributed by atoms with Crippen molar-refractivity contribution >= 4 is 5.91 Å². The van der Waals surface area contributed by atoms with Gasteiger partial charge < -0.3 is 15.8 Å². The topological polar surface area (TPSA) is 64.4 Å². The Morgan fingerprint density at radius 3 is 2.87 bits per heavy atom. The summed E-state index contributed by atoms with van der Waals surface area (Å²) in [5.74, 6) is 0.0120. The van der Waals surface area contributed by atoms with E-state index in [4.69, 9.17) is 10.5 Å². The number of fused-ring (bicyclic) bond motifs is 1. The molecule has 0 saturated heterocycles. The first-order valence-electron chi connectivity index (χ1n) is 8.96. The van der Waals surface area contributed by atoms with Crippen LogP contribution < -0.4 is 11.1 Å². The Kier molecular flexibility index (Phi) is 5.34. The number of nitrogens with two attached hydrogens (primary N) is 1. The van der Waals surface area contributed by atoms with Gasteiger partial charge in [-0.05, 0) is 49.7 Å². The van der Waals surface area contributed by atoms with E-state index in [0.29, 0.717) is 13.2 Å². The molecule has 3 rings (SSSR count). The fourth-order valence-electron chi connectivity index (χ4n) is 3.79. The predicted octanol–water partition coefficient (Wildman–Crippen LogP) is 2.86. The lowest BCUT2D eigenvalue weighted by Crippen LogP contribution is -2.52. The van der Waals surface area contributed by atoms with Crippen molar-refractivity contribution in [3.63, 3.8) is 0 Å². The molecule has 0 aliphatic heterocycles. The zero-order valence-corrected chi connectivity index (χ0v) is 13.9. The van der Waals surface area contributed by atoms with Crippen LogP contribution in [0.15, 0.2) is 24.3 Å². The van der Waals surface area contributed by atoms with Gasteiger partial charge >= 0.3 is 0 Å². The molecule has 0 aromatic heterocycles. The molecule has 2 aliphatic carbocycles. The van der Waals surface area contributed by atoms with Crippen molar-refractivity contribution in [3.8, 4) is 0 Å². The first-order chi connectivity index (χ1) is 11.2. The zero-order chi connectivity index (χ0) is 16.1. The number of carbonyl (C=O) groups excluding carboxylic acids is 1. The Labute approximate surface area is 138 Å². The van der Waals surface area contributed by atoms with Crippen LogP contribution in [0.2, 0.25) is 0 Å². The lowest BCUT2D eigenvalue weighted by Gasteiger charge is -2.26. The molecule has 4 nitrogen and oxygen atoms in total. The van der Waals surface area contributed by atoms with E-state index < -0.39 is 5.54 Å². The van der Waals surface area contributed by atoms with Gasteiger partial charge in [-0.3, -0.25) is 4.79 Å². The molecule has 4 heteroatoms. The number of hydrogen-bond acceptors (Lipinski definition) is 3. The molecular formula is C19H28N2O2. The second kappa shape index (κ2) is 7.45. The summed E-state index contributed by atoms with van der Waals surface area (Å²) in [4.78, 5) is 12.1. The summed E-state index contributed by atoms with van der Waals surface area (Å²) in [6.45, 7) is 1.32. The zero-order valence-electron chi connectivity index (χ0n) is 13.9. The Morgan fingerprint density at radius 1 is 1.26 bits per heavy atom. The van der Waals surface area contributed by atoms with Crippen LogP contribution in [-0.4, -0.2) is 24.6 Å². The van der Waals surface area contributed by atoms with Gasteiger partial charge in [0.05, 0.1) is 11.6 Å². The summed E-state index contributed by atoms with van der Waals surface area (Å²) in [5.41, 5.74) is 8.28. The average Bonchev–Trinajstić information content (AvgIpc) is 3.02. The number of rotatable bonds is 6. The predicted molar refractivity (Wildman–Crippen MR) is 91.1 cm³/mol. The number of aryl methyl sites for hydroxylation is 1. The second-order valence-corrected chi connectivity index (χ2v) is 6.92. The van der Waals surface area contributed by atoms with Crippen molar-refractivity contribution in [3.05, 3.63) is 35.4 Å². The molecular weight excluding hydrogens is 288 g/mol. The molecule has 0 radical (unpaired) electrons. The molecule has 2 aliphatic rings. The molecule has 1 amide bonds. The largest absolute Gasteiger partial charge is 0.373 e.